The molecule has 2 amide bonds. The van der Waals surface area contributed by atoms with E-state index in [1.54, 1.807) is 0 Å². The number of anilines is 1. The zero-order valence-electron chi connectivity index (χ0n) is 13.8. The lowest BCUT2D eigenvalue weighted by atomic mass is 9.98. The minimum atomic E-state index is -0.154. The first-order valence-electron chi connectivity index (χ1n) is 7.86. The predicted molar refractivity (Wildman–Crippen MR) is 100 cm³/mol. The second kappa shape index (κ2) is 8.16. The maximum atomic E-state index is 12.2. The van der Waals surface area contributed by atoms with E-state index in [2.05, 4.69) is 58.6 Å². The molecule has 0 aromatic heterocycles. The first-order valence-corrected chi connectivity index (χ1v) is 8.65. The molecule has 0 fully saturated rings. The van der Waals surface area contributed by atoms with Gasteiger partial charge in [0.2, 0.25) is 0 Å². The molecule has 2 aromatic rings. The molecule has 0 unspecified atom stereocenters. The number of carbonyl (C=O) groups is 1. The molecule has 0 spiro atoms. The smallest absolute Gasteiger partial charge is 0.319 e. The Bertz CT molecular complexity index is 666. The number of hydrogen-bond donors (Lipinski definition) is 2. The number of nitrogens with one attached hydrogen (secondary N) is 2. The van der Waals surface area contributed by atoms with Crippen molar-refractivity contribution in [2.75, 3.05) is 11.9 Å². The molecule has 0 aliphatic rings. The summed E-state index contributed by atoms with van der Waals surface area (Å²) in [7, 11) is 0. The van der Waals surface area contributed by atoms with Crippen LogP contribution in [-0.2, 0) is 6.42 Å². The van der Waals surface area contributed by atoms with Crippen molar-refractivity contribution in [2.24, 2.45) is 0 Å². The van der Waals surface area contributed by atoms with Crippen molar-refractivity contribution in [3.8, 4) is 0 Å². The Hall–Kier alpha value is -1.81. The highest BCUT2D eigenvalue weighted by Gasteiger charge is 2.11. The van der Waals surface area contributed by atoms with Gasteiger partial charge in [0.1, 0.15) is 0 Å². The van der Waals surface area contributed by atoms with E-state index in [0.717, 1.165) is 27.7 Å². The average Bonchev–Trinajstić information content (AvgIpc) is 2.51. The first-order chi connectivity index (χ1) is 11.0. The molecular weight excluding hydrogens is 352 g/mol. The summed E-state index contributed by atoms with van der Waals surface area (Å²) in [6.07, 6.45) is 0.811. The van der Waals surface area contributed by atoms with Crippen LogP contribution in [0.4, 0.5) is 10.5 Å². The maximum absolute atomic E-state index is 12.2. The molecule has 0 heterocycles. The molecule has 2 rings (SSSR count). The Morgan fingerprint density at radius 1 is 1.13 bits per heavy atom. The fourth-order valence-electron chi connectivity index (χ4n) is 2.47. The summed E-state index contributed by atoms with van der Waals surface area (Å²) in [5.41, 5.74) is 4.36. The minimum absolute atomic E-state index is 0.154. The van der Waals surface area contributed by atoms with Crippen molar-refractivity contribution < 1.29 is 4.79 Å². The van der Waals surface area contributed by atoms with Gasteiger partial charge in [0.25, 0.3) is 0 Å². The molecule has 0 saturated carbocycles. The normalized spacial score (nSPS) is 10.7. The van der Waals surface area contributed by atoms with E-state index < -0.39 is 0 Å². The third kappa shape index (κ3) is 5.10. The van der Waals surface area contributed by atoms with Crippen molar-refractivity contribution in [2.45, 2.75) is 33.1 Å². The van der Waals surface area contributed by atoms with Crippen molar-refractivity contribution in [1.29, 1.82) is 0 Å². The Labute approximate surface area is 146 Å². The maximum Gasteiger partial charge on any atom is 0.319 e. The van der Waals surface area contributed by atoms with Gasteiger partial charge in [0.05, 0.1) is 0 Å². The summed E-state index contributed by atoms with van der Waals surface area (Å²) in [4.78, 5) is 12.2. The quantitative estimate of drug-likeness (QED) is 0.737. The number of amides is 2. The summed E-state index contributed by atoms with van der Waals surface area (Å²) in [6.45, 7) is 6.89. The van der Waals surface area contributed by atoms with Gasteiger partial charge in [-0.25, -0.2) is 4.79 Å². The average molecular weight is 375 g/mol. The van der Waals surface area contributed by atoms with Crippen LogP contribution in [0.15, 0.2) is 46.9 Å². The van der Waals surface area contributed by atoms with E-state index in [0.29, 0.717) is 12.5 Å². The zero-order chi connectivity index (χ0) is 16.8. The van der Waals surface area contributed by atoms with Crippen LogP contribution in [0.2, 0.25) is 0 Å². The second-order valence-corrected chi connectivity index (χ2v) is 6.87. The van der Waals surface area contributed by atoms with Crippen molar-refractivity contribution in [3.63, 3.8) is 0 Å². The summed E-state index contributed by atoms with van der Waals surface area (Å²) in [5.74, 6) is 0.368. The van der Waals surface area contributed by atoms with E-state index in [1.807, 2.05) is 31.2 Å². The zero-order valence-corrected chi connectivity index (χ0v) is 15.4. The minimum Gasteiger partial charge on any atom is -0.338 e. The molecule has 23 heavy (non-hydrogen) atoms. The number of rotatable bonds is 5. The number of carbonyl (C=O) groups excluding carboxylic acids is 1. The molecule has 0 radical (unpaired) electrons. The summed E-state index contributed by atoms with van der Waals surface area (Å²) in [6, 6.07) is 14.1. The van der Waals surface area contributed by atoms with Crippen LogP contribution in [0.3, 0.4) is 0 Å². The van der Waals surface area contributed by atoms with Crippen LogP contribution in [-0.4, -0.2) is 12.6 Å². The molecule has 2 N–H and O–H groups in total. The molecule has 3 nitrogen and oxygen atoms in total. The Morgan fingerprint density at radius 3 is 2.48 bits per heavy atom. The monoisotopic (exact) mass is 374 g/mol. The van der Waals surface area contributed by atoms with Gasteiger partial charge in [0.15, 0.2) is 0 Å². The Kier molecular flexibility index (Phi) is 6.22. The SMILES string of the molecule is Cc1cccc(C(C)C)c1NC(=O)NCCc1ccc(Br)cc1. The molecule has 0 saturated heterocycles. The number of aryl methyl sites for hydroxylation is 1. The molecule has 0 aliphatic carbocycles. The standard InChI is InChI=1S/C19H23BrN2O/c1-13(2)17-6-4-5-14(3)18(17)22-19(23)21-12-11-15-7-9-16(20)10-8-15/h4-10,13H,11-12H2,1-3H3,(H2,21,22,23). The van der Waals surface area contributed by atoms with Gasteiger partial charge in [-0.1, -0.05) is 60.1 Å². The van der Waals surface area contributed by atoms with Gasteiger partial charge in [0, 0.05) is 16.7 Å². The van der Waals surface area contributed by atoms with Crippen LogP contribution >= 0.6 is 15.9 Å². The summed E-state index contributed by atoms with van der Waals surface area (Å²) < 4.78 is 1.06. The lowest BCUT2D eigenvalue weighted by molar-refractivity contribution is 0.252. The van der Waals surface area contributed by atoms with Crippen molar-refractivity contribution in [3.05, 3.63) is 63.6 Å². The predicted octanol–water partition coefficient (Wildman–Crippen LogP) is 5.25. The lowest BCUT2D eigenvalue weighted by Gasteiger charge is -2.16. The topological polar surface area (TPSA) is 41.1 Å². The number of halogens is 1. The molecule has 0 atom stereocenters. The Morgan fingerprint density at radius 2 is 1.83 bits per heavy atom. The number of hydrogen-bond acceptors (Lipinski definition) is 1. The van der Waals surface area contributed by atoms with Crippen LogP contribution in [0.25, 0.3) is 0 Å². The summed E-state index contributed by atoms with van der Waals surface area (Å²) >= 11 is 3.42. The fraction of sp³-hybridized carbons (Fsp3) is 0.316. The highest BCUT2D eigenvalue weighted by atomic mass is 79.9. The third-order valence-electron chi connectivity index (χ3n) is 3.78. The molecule has 4 heteroatoms. The summed E-state index contributed by atoms with van der Waals surface area (Å²) in [5, 5.41) is 5.92. The Balaban J connectivity index is 1.91. The largest absolute Gasteiger partial charge is 0.338 e. The number of para-hydroxylation sites is 1. The van der Waals surface area contributed by atoms with E-state index >= 15 is 0 Å². The van der Waals surface area contributed by atoms with Crippen LogP contribution < -0.4 is 10.6 Å². The number of urea groups is 1. The lowest BCUT2D eigenvalue weighted by Crippen LogP contribution is -2.31. The molecule has 2 aromatic carbocycles. The third-order valence-corrected chi connectivity index (χ3v) is 4.31. The van der Waals surface area contributed by atoms with Gasteiger partial charge in [-0.05, 0) is 48.1 Å². The van der Waals surface area contributed by atoms with Gasteiger partial charge in [-0.15, -0.1) is 0 Å². The van der Waals surface area contributed by atoms with Crippen molar-refractivity contribution in [1.82, 2.24) is 5.32 Å². The molecule has 0 bridgehead atoms. The van der Waals surface area contributed by atoms with Gasteiger partial charge < -0.3 is 10.6 Å². The van der Waals surface area contributed by atoms with E-state index in [4.69, 9.17) is 0 Å². The molecular formula is C19H23BrN2O. The van der Waals surface area contributed by atoms with Crippen LogP contribution in [0.1, 0.15) is 36.5 Å². The van der Waals surface area contributed by atoms with E-state index in [9.17, 15) is 4.79 Å². The van der Waals surface area contributed by atoms with Gasteiger partial charge in [-0.2, -0.15) is 0 Å². The van der Waals surface area contributed by atoms with Crippen molar-refractivity contribution >= 4 is 27.6 Å². The fourth-order valence-corrected chi connectivity index (χ4v) is 2.74. The molecule has 0 aliphatic heterocycles. The van der Waals surface area contributed by atoms with Crippen LogP contribution in [0, 0.1) is 6.92 Å². The highest BCUT2D eigenvalue weighted by molar-refractivity contribution is 9.10. The van der Waals surface area contributed by atoms with Gasteiger partial charge >= 0.3 is 6.03 Å². The van der Waals surface area contributed by atoms with E-state index in [-0.39, 0.29) is 6.03 Å². The molecule has 122 valence electrons. The second-order valence-electron chi connectivity index (χ2n) is 5.95. The number of benzene rings is 2. The van der Waals surface area contributed by atoms with Gasteiger partial charge in [-0.3, -0.25) is 0 Å². The van der Waals surface area contributed by atoms with Crippen LogP contribution in [0.5, 0.6) is 0 Å². The first kappa shape index (κ1) is 17.5. The highest BCUT2D eigenvalue weighted by Crippen LogP contribution is 2.27. The van der Waals surface area contributed by atoms with E-state index in [1.165, 1.54) is 5.56 Å².